The molecule has 2 aromatic rings. The molecule has 4 nitrogen and oxygen atoms in total. The first-order valence-electron chi connectivity index (χ1n) is 7.87. The van der Waals surface area contributed by atoms with Crippen LogP contribution in [0.2, 0.25) is 0 Å². The van der Waals surface area contributed by atoms with Gasteiger partial charge in [0.2, 0.25) is 0 Å². The molecule has 0 atom stereocenters. The summed E-state index contributed by atoms with van der Waals surface area (Å²) in [4.78, 5) is 4.27. The molecule has 0 saturated heterocycles. The van der Waals surface area contributed by atoms with Gasteiger partial charge >= 0.3 is 0 Å². The van der Waals surface area contributed by atoms with Crippen molar-refractivity contribution in [2.24, 2.45) is 0 Å². The molecule has 0 spiro atoms. The summed E-state index contributed by atoms with van der Waals surface area (Å²) in [7, 11) is 6.07. The van der Waals surface area contributed by atoms with E-state index in [4.69, 9.17) is 4.74 Å². The lowest BCUT2D eigenvalue weighted by Gasteiger charge is -2.19. The summed E-state index contributed by atoms with van der Waals surface area (Å²) >= 11 is 0. The Bertz CT molecular complexity index is 600. The predicted molar refractivity (Wildman–Crippen MR) is 93.8 cm³/mol. The molecule has 4 heteroatoms. The van der Waals surface area contributed by atoms with Crippen LogP contribution in [0.1, 0.15) is 11.1 Å². The molecule has 0 aliphatic rings. The van der Waals surface area contributed by atoms with Crippen molar-refractivity contribution >= 4 is 0 Å². The first kappa shape index (κ1) is 17.3. The molecule has 0 aliphatic carbocycles. The molecular weight excluding hydrogens is 288 g/mol. The van der Waals surface area contributed by atoms with E-state index in [0.717, 1.165) is 25.2 Å². The molecule has 0 unspecified atom stereocenters. The third-order valence-corrected chi connectivity index (χ3v) is 3.58. The number of benzene rings is 2. The number of ether oxygens (including phenoxy) is 1. The van der Waals surface area contributed by atoms with E-state index >= 15 is 0 Å². The molecule has 0 aromatic heterocycles. The van der Waals surface area contributed by atoms with Gasteiger partial charge in [0, 0.05) is 25.2 Å². The average molecular weight is 314 g/mol. The maximum Gasteiger partial charge on any atom is 0.165 e. The van der Waals surface area contributed by atoms with Gasteiger partial charge in [-0.15, -0.1) is 0 Å². The Balaban J connectivity index is 1.88. The van der Waals surface area contributed by atoms with Crippen molar-refractivity contribution in [3.63, 3.8) is 0 Å². The molecule has 0 amide bonds. The lowest BCUT2D eigenvalue weighted by atomic mass is 10.2. The zero-order valence-electron chi connectivity index (χ0n) is 14.2. The number of aromatic hydroxyl groups is 1. The SMILES string of the molecule is CN(C)Cc1cccc(O)c1OCCN(C)Cc1ccccc1. The molecule has 0 radical (unpaired) electrons. The van der Waals surface area contributed by atoms with E-state index < -0.39 is 0 Å². The van der Waals surface area contributed by atoms with E-state index in [0.29, 0.717) is 12.4 Å². The minimum absolute atomic E-state index is 0.204. The lowest BCUT2D eigenvalue weighted by Crippen LogP contribution is -2.24. The number of phenols is 1. The Morgan fingerprint density at radius 2 is 1.65 bits per heavy atom. The van der Waals surface area contributed by atoms with E-state index in [1.807, 2.05) is 32.3 Å². The Kier molecular flexibility index (Phi) is 6.44. The zero-order valence-corrected chi connectivity index (χ0v) is 14.2. The number of rotatable bonds is 8. The molecule has 1 N–H and O–H groups in total. The molecule has 0 bridgehead atoms. The van der Waals surface area contributed by atoms with Gasteiger partial charge in [-0.25, -0.2) is 0 Å². The largest absolute Gasteiger partial charge is 0.504 e. The highest BCUT2D eigenvalue weighted by Gasteiger charge is 2.10. The fraction of sp³-hybridized carbons (Fsp3) is 0.368. The van der Waals surface area contributed by atoms with Gasteiger partial charge in [-0.2, -0.15) is 0 Å². The van der Waals surface area contributed by atoms with Gasteiger partial charge in [0.1, 0.15) is 6.61 Å². The van der Waals surface area contributed by atoms with Crippen LogP contribution >= 0.6 is 0 Å². The molecule has 0 saturated carbocycles. The van der Waals surface area contributed by atoms with Crippen molar-refractivity contribution < 1.29 is 9.84 Å². The van der Waals surface area contributed by atoms with E-state index in [1.54, 1.807) is 6.07 Å². The second-order valence-electron chi connectivity index (χ2n) is 6.08. The molecule has 0 heterocycles. The van der Waals surface area contributed by atoms with Crippen molar-refractivity contribution in [2.75, 3.05) is 34.3 Å². The summed E-state index contributed by atoms with van der Waals surface area (Å²) in [5.41, 5.74) is 2.28. The van der Waals surface area contributed by atoms with Crippen molar-refractivity contribution in [2.45, 2.75) is 13.1 Å². The van der Waals surface area contributed by atoms with Gasteiger partial charge in [-0.05, 0) is 32.8 Å². The number of phenolic OH excluding ortho intramolecular Hbond substituents is 1. The molecular formula is C19H26N2O2. The molecule has 23 heavy (non-hydrogen) atoms. The van der Waals surface area contributed by atoms with Crippen LogP contribution in [-0.4, -0.2) is 49.2 Å². The summed E-state index contributed by atoms with van der Waals surface area (Å²) in [6.45, 7) is 2.96. The Labute approximate surface area is 138 Å². The van der Waals surface area contributed by atoms with Gasteiger partial charge in [0.25, 0.3) is 0 Å². The van der Waals surface area contributed by atoms with Crippen LogP contribution in [0.4, 0.5) is 0 Å². The Morgan fingerprint density at radius 1 is 0.913 bits per heavy atom. The molecule has 0 aliphatic heterocycles. The summed E-state index contributed by atoms with van der Waals surface area (Å²) < 4.78 is 5.86. The number of nitrogens with zero attached hydrogens (tertiary/aromatic N) is 2. The maximum atomic E-state index is 10.0. The maximum absolute atomic E-state index is 10.0. The van der Waals surface area contributed by atoms with Crippen LogP contribution in [-0.2, 0) is 13.1 Å². The van der Waals surface area contributed by atoms with Crippen LogP contribution < -0.4 is 4.74 Å². The van der Waals surface area contributed by atoms with Crippen LogP contribution in [0.15, 0.2) is 48.5 Å². The normalized spacial score (nSPS) is 11.2. The van der Waals surface area contributed by atoms with E-state index in [9.17, 15) is 5.11 Å². The van der Waals surface area contributed by atoms with Crippen molar-refractivity contribution in [3.8, 4) is 11.5 Å². The van der Waals surface area contributed by atoms with E-state index in [1.165, 1.54) is 5.56 Å². The lowest BCUT2D eigenvalue weighted by molar-refractivity contribution is 0.223. The quantitative estimate of drug-likeness (QED) is 0.812. The van der Waals surface area contributed by atoms with Crippen molar-refractivity contribution in [3.05, 3.63) is 59.7 Å². The minimum atomic E-state index is 0.204. The first-order valence-corrected chi connectivity index (χ1v) is 7.87. The standard InChI is InChI=1S/C19H26N2O2/c1-20(2)15-17-10-7-11-18(22)19(17)23-13-12-21(3)14-16-8-5-4-6-9-16/h4-11,22H,12-15H2,1-3H3. The Morgan fingerprint density at radius 3 is 2.35 bits per heavy atom. The fourth-order valence-corrected chi connectivity index (χ4v) is 2.48. The minimum Gasteiger partial charge on any atom is -0.504 e. The van der Waals surface area contributed by atoms with Crippen LogP contribution in [0.25, 0.3) is 0 Å². The molecule has 2 aromatic carbocycles. The second kappa shape index (κ2) is 8.56. The molecule has 124 valence electrons. The number of para-hydroxylation sites is 1. The summed E-state index contributed by atoms with van der Waals surface area (Å²) in [6, 6.07) is 15.9. The van der Waals surface area contributed by atoms with Crippen molar-refractivity contribution in [1.82, 2.24) is 9.80 Å². The monoisotopic (exact) mass is 314 g/mol. The first-order chi connectivity index (χ1) is 11.1. The highest BCUT2D eigenvalue weighted by atomic mass is 16.5. The highest BCUT2D eigenvalue weighted by molar-refractivity contribution is 5.45. The zero-order chi connectivity index (χ0) is 16.7. The van der Waals surface area contributed by atoms with E-state index in [2.05, 4.69) is 41.1 Å². The van der Waals surface area contributed by atoms with Crippen LogP contribution in [0.3, 0.4) is 0 Å². The predicted octanol–water partition coefficient (Wildman–Crippen LogP) is 2.96. The van der Waals surface area contributed by atoms with Gasteiger partial charge in [-0.1, -0.05) is 42.5 Å². The average Bonchev–Trinajstić information content (AvgIpc) is 2.50. The van der Waals surface area contributed by atoms with Gasteiger partial charge in [-0.3, -0.25) is 4.90 Å². The van der Waals surface area contributed by atoms with Gasteiger partial charge in [0.05, 0.1) is 0 Å². The van der Waals surface area contributed by atoms with Gasteiger partial charge < -0.3 is 14.7 Å². The third-order valence-electron chi connectivity index (χ3n) is 3.58. The topological polar surface area (TPSA) is 35.9 Å². The number of hydrogen-bond donors (Lipinski definition) is 1. The summed E-state index contributed by atoms with van der Waals surface area (Å²) in [5.74, 6) is 0.796. The molecule has 2 rings (SSSR count). The highest BCUT2D eigenvalue weighted by Crippen LogP contribution is 2.30. The smallest absolute Gasteiger partial charge is 0.165 e. The fourth-order valence-electron chi connectivity index (χ4n) is 2.48. The third kappa shape index (κ3) is 5.58. The van der Waals surface area contributed by atoms with Crippen LogP contribution in [0, 0.1) is 0 Å². The van der Waals surface area contributed by atoms with E-state index in [-0.39, 0.29) is 5.75 Å². The number of likely N-dealkylation sites (N-methyl/N-ethyl adjacent to an activating group) is 1. The molecule has 0 fully saturated rings. The summed E-state index contributed by atoms with van der Waals surface area (Å²) in [5, 5.41) is 10.0. The summed E-state index contributed by atoms with van der Waals surface area (Å²) in [6.07, 6.45) is 0. The van der Waals surface area contributed by atoms with Crippen LogP contribution in [0.5, 0.6) is 11.5 Å². The Hall–Kier alpha value is -2.04. The number of hydrogen-bond acceptors (Lipinski definition) is 4. The van der Waals surface area contributed by atoms with Gasteiger partial charge in [0.15, 0.2) is 11.5 Å². The second-order valence-corrected chi connectivity index (χ2v) is 6.08. The van der Waals surface area contributed by atoms with Crippen molar-refractivity contribution in [1.29, 1.82) is 0 Å².